The molecule has 0 amide bonds. The average Bonchev–Trinajstić information content (AvgIpc) is 2.93. The molecule has 1 aliphatic heterocycles. The first-order valence-electron chi connectivity index (χ1n) is 13.7. The van der Waals surface area contributed by atoms with Gasteiger partial charge >= 0.3 is 33.6 Å². The summed E-state index contributed by atoms with van der Waals surface area (Å²) in [4.78, 5) is 21.2. The van der Waals surface area contributed by atoms with Crippen molar-refractivity contribution in [3.8, 4) is 17.6 Å². The Labute approximate surface area is 319 Å². The Morgan fingerprint density at radius 3 is 0.961 bits per heavy atom. The van der Waals surface area contributed by atoms with Crippen LogP contribution in [0.1, 0.15) is 68.0 Å². The molecule has 3 rings (SSSR count). The SMILES string of the molecule is CC#N.Cc1cc2c([O-])c(c1)C=NCC(C)(C)CN=Cc1cc(C)cc(c1[O-])C=NCC(C)(C)CN=C2.[Fe+3].[N-]=[N+]=[N-].[N-]=[N+]=[N-].[Ni+2].[O-][Cl+3]([O-])([O-])[O-].[OH3+]. The van der Waals surface area contributed by atoms with E-state index in [0.29, 0.717) is 48.4 Å². The van der Waals surface area contributed by atoms with Gasteiger partial charge in [-0.15, -0.1) is 10.2 Å². The number of hydrogen-bond donors (Lipinski definition) is 0. The van der Waals surface area contributed by atoms with Crippen molar-refractivity contribution in [1.29, 1.82) is 5.26 Å². The van der Waals surface area contributed by atoms with E-state index < -0.39 is 10.2 Å². The summed E-state index contributed by atoms with van der Waals surface area (Å²) in [7, 11) is -4.94. The van der Waals surface area contributed by atoms with Crippen molar-refractivity contribution in [1.82, 2.24) is 0 Å². The molecule has 51 heavy (non-hydrogen) atoms. The van der Waals surface area contributed by atoms with Crippen LogP contribution in [0.15, 0.2) is 44.2 Å². The van der Waals surface area contributed by atoms with Gasteiger partial charge in [0.05, 0.1) is 6.07 Å². The van der Waals surface area contributed by atoms with Gasteiger partial charge in [0.1, 0.15) is 0 Å². The van der Waals surface area contributed by atoms with Gasteiger partial charge in [-0.25, -0.2) is 18.6 Å². The number of rotatable bonds is 0. The summed E-state index contributed by atoms with van der Waals surface area (Å²) in [5.41, 5.74) is 30.8. The molecule has 0 fully saturated rings. The summed E-state index contributed by atoms with van der Waals surface area (Å²) in [5.74, 6) is -0.146. The van der Waals surface area contributed by atoms with Crippen molar-refractivity contribution in [2.45, 2.75) is 48.5 Å². The van der Waals surface area contributed by atoms with Crippen LogP contribution in [0.4, 0.5) is 0 Å². The van der Waals surface area contributed by atoms with Gasteiger partial charge < -0.3 is 37.8 Å². The minimum Gasteiger partial charge on any atom is -0.872 e. The summed E-state index contributed by atoms with van der Waals surface area (Å²) in [6.07, 6.45) is 6.60. The third-order valence-corrected chi connectivity index (χ3v) is 5.58. The van der Waals surface area contributed by atoms with E-state index in [1.807, 2.05) is 38.1 Å². The predicted octanol–water partition coefficient (Wildman–Crippen LogP) is 0.472. The molecule has 2 aromatic carbocycles. The van der Waals surface area contributed by atoms with Crippen LogP contribution in [0.25, 0.3) is 31.9 Å². The first-order valence-corrected chi connectivity index (χ1v) is 15.0. The third-order valence-electron chi connectivity index (χ3n) is 5.58. The molecule has 0 atom stereocenters. The van der Waals surface area contributed by atoms with E-state index in [1.54, 1.807) is 30.9 Å². The van der Waals surface area contributed by atoms with Crippen LogP contribution in [0, 0.1) is 46.3 Å². The van der Waals surface area contributed by atoms with Gasteiger partial charge in [-0.2, -0.15) is 5.26 Å². The zero-order valence-electron chi connectivity index (χ0n) is 28.9. The fourth-order valence-corrected chi connectivity index (χ4v) is 3.71. The van der Waals surface area contributed by atoms with E-state index in [9.17, 15) is 10.2 Å². The first-order chi connectivity index (χ1) is 22.2. The van der Waals surface area contributed by atoms with Gasteiger partial charge in [0.15, 0.2) is 0 Å². The van der Waals surface area contributed by atoms with Crippen molar-refractivity contribution < 1.29 is 78.1 Å². The normalized spacial score (nSPS) is 13.7. The third kappa shape index (κ3) is 28.3. The number of nitriles is 1. The van der Waals surface area contributed by atoms with E-state index in [2.05, 4.69) is 47.7 Å². The fraction of sp³-hybridized carbons (Fsp3) is 0.433. The molecular formula is C30H40ClFeN11NiO7+. The molecule has 0 saturated carbocycles. The molecule has 21 heteroatoms. The monoisotopic (exact) mass is 815 g/mol. The van der Waals surface area contributed by atoms with Crippen LogP contribution in [0.5, 0.6) is 11.5 Å². The molecular weight excluding hydrogens is 776 g/mol. The number of nitrogens with zero attached hydrogens (tertiary/aromatic N) is 11. The minimum absolute atomic E-state index is 0. The van der Waals surface area contributed by atoms with E-state index in [4.69, 9.17) is 46.0 Å². The van der Waals surface area contributed by atoms with Gasteiger partial charge in [0.25, 0.3) is 0 Å². The van der Waals surface area contributed by atoms with E-state index in [1.165, 1.54) is 16.7 Å². The second-order valence-electron chi connectivity index (χ2n) is 11.5. The van der Waals surface area contributed by atoms with Gasteiger partial charge in [-0.3, -0.25) is 29.8 Å². The maximum Gasteiger partial charge on any atom is 3.00 e. The molecule has 281 valence electrons. The maximum atomic E-state index is 12.9. The zero-order valence-corrected chi connectivity index (χ0v) is 31.8. The number of hydrogen-bond acceptors (Lipinski definition) is 11. The Hall–Kier alpha value is -4.07. The quantitative estimate of drug-likeness (QED) is 0.119. The van der Waals surface area contributed by atoms with Crippen LogP contribution in [0.2, 0.25) is 0 Å². The van der Waals surface area contributed by atoms with Gasteiger partial charge in [0.2, 0.25) is 0 Å². The molecule has 0 spiro atoms. The molecule has 1 heterocycles. The molecule has 3 N–H and O–H groups in total. The number of benzene rings is 2. The molecule has 2 aromatic rings. The first kappa shape index (κ1) is 56.3. The van der Waals surface area contributed by atoms with E-state index in [-0.39, 0.29) is 61.4 Å². The Kier molecular flexibility index (Phi) is 31.6. The Morgan fingerprint density at radius 1 is 0.647 bits per heavy atom. The molecule has 1 radical (unpaired) electrons. The topological polar surface area (TPSA) is 362 Å². The number of halogens is 1. The average molecular weight is 817 g/mol. The van der Waals surface area contributed by atoms with Gasteiger partial charge in [-0.1, -0.05) is 63.5 Å². The smallest absolute Gasteiger partial charge is 0.872 e. The molecule has 0 aliphatic carbocycles. The van der Waals surface area contributed by atoms with Gasteiger partial charge in [0, 0.05) is 68.8 Å². The Morgan fingerprint density at radius 2 is 0.804 bits per heavy atom. The zero-order chi connectivity index (χ0) is 37.6. The molecule has 4 bridgehead atoms. The van der Waals surface area contributed by atoms with Crippen LogP contribution in [0.3, 0.4) is 0 Å². The Balaban J connectivity index is -0.000000357. The summed E-state index contributed by atoms with van der Waals surface area (Å²) in [6.45, 7) is 15.6. The van der Waals surface area contributed by atoms with Crippen LogP contribution < -0.4 is 28.8 Å². The summed E-state index contributed by atoms with van der Waals surface area (Å²) >= 11 is 0. The van der Waals surface area contributed by atoms with Crippen molar-refractivity contribution >= 4 is 24.9 Å². The largest absolute Gasteiger partial charge is 3.00 e. The minimum atomic E-state index is -4.94. The predicted molar refractivity (Wildman–Crippen MR) is 175 cm³/mol. The van der Waals surface area contributed by atoms with E-state index >= 15 is 0 Å². The molecule has 1 aliphatic rings. The maximum absolute atomic E-state index is 12.9. The molecule has 0 saturated heterocycles. The van der Waals surface area contributed by atoms with Crippen LogP contribution >= 0.6 is 0 Å². The number of fused-ring (bicyclic) bond motifs is 4. The standard InChI is InChI=1S/C28H36N4O2.C2H3N.ClHO4.Fe.2N3.Ni.H2O/c1-19-7-21-11-29-15-27(3,4)17-31-13-23-9-20(2)10-24(26(23)34)14-32-18-28(5,6)16-30-12-22(8-19)25(21)33;1-2-3;2-1(3,4)5;;2*1-3-2;;/h7-14,33-34H,15-18H2,1-6H3;1H3;(H,2,3,4,5);;;;;1H2/q;;;+3;2*-1;+2;/p-2. The van der Waals surface area contributed by atoms with E-state index in [0.717, 1.165) is 11.1 Å². The summed E-state index contributed by atoms with van der Waals surface area (Å²) < 4.78 is 34.0. The van der Waals surface area contributed by atoms with Crippen molar-refractivity contribution in [3.05, 3.63) is 89.6 Å². The van der Waals surface area contributed by atoms with Crippen LogP contribution in [-0.4, -0.2) is 51.0 Å². The number of aryl methyl sites for hydroxylation is 2. The molecule has 0 aromatic heterocycles. The second-order valence-corrected chi connectivity index (χ2v) is 12.3. The molecule has 18 nitrogen and oxygen atoms in total. The fourth-order valence-electron chi connectivity index (χ4n) is 3.71. The van der Waals surface area contributed by atoms with Crippen molar-refractivity contribution in [2.24, 2.45) is 30.8 Å². The number of aliphatic imine (C=N–C) groups is 4. The second kappa shape index (κ2) is 28.6. The van der Waals surface area contributed by atoms with Crippen molar-refractivity contribution in [2.75, 3.05) is 26.2 Å². The summed E-state index contributed by atoms with van der Waals surface area (Å²) in [5, 5.41) is 33.2. The Bertz CT molecular complexity index is 1380. The van der Waals surface area contributed by atoms with Crippen molar-refractivity contribution in [3.63, 3.8) is 0 Å². The van der Waals surface area contributed by atoms with Gasteiger partial charge in [-0.05, 0) is 47.2 Å². The summed E-state index contributed by atoms with van der Waals surface area (Å²) in [6, 6.07) is 9.16. The molecule has 0 unspecified atom stereocenters. The van der Waals surface area contributed by atoms with Crippen LogP contribution in [-0.2, 0) is 39.0 Å².